The Bertz CT molecular complexity index is 681. The fourth-order valence-corrected chi connectivity index (χ4v) is 3.97. The van der Waals surface area contributed by atoms with E-state index in [0.717, 1.165) is 50.3 Å². The van der Waals surface area contributed by atoms with E-state index in [-0.39, 0.29) is 17.2 Å². The van der Waals surface area contributed by atoms with E-state index >= 15 is 0 Å². The molecule has 2 amide bonds. The van der Waals surface area contributed by atoms with E-state index in [4.69, 9.17) is 0 Å². The second-order valence-electron chi connectivity index (χ2n) is 9.06. The lowest BCUT2D eigenvalue weighted by Gasteiger charge is -2.29. The number of piperidine rings is 1. The van der Waals surface area contributed by atoms with Crippen molar-refractivity contribution < 1.29 is 9.59 Å². The fraction of sp³-hybridized carbons (Fsp3) is 0.636. The lowest BCUT2D eigenvalue weighted by Crippen LogP contribution is -2.36. The van der Waals surface area contributed by atoms with Gasteiger partial charge in [0.05, 0.1) is 5.56 Å². The molecule has 2 heterocycles. The van der Waals surface area contributed by atoms with Crippen molar-refractivity contribution in [1.82, 2.24) is 4.90 Å². The number of benzene rings is 1. The highest BCUT2D eigenvalue weighted by atomic mass is 16.2. The predicted molar refractivity (Wildman–Crippen MR) is 110 cm³/mol. The van der Waals surface area contributed by atoms with Crippen molar-refractivity contribution in [3.63, 3.8) is 0 Å². The van der Waals surface area contributed by atoms with Gasteiger partial charge in [-0.25, -0.2) is 0 Å². The van der Waals surface area contributed by atoms with Gasteiger partial charge >= 0.3 is 0 Å². The van der Waals surface area contributed by atoms with Gasteiger partial charge in [0.1, 0.15) is 0 Å². The number of anilines is 2. The van der Waals surface area contributed by atoms with E-state index in [2.05, 4.69) is 10.2 Å². The molecule has 0 atom stereocenters. The molecule has 1 N–H and O–H groups in total. The van der Waals surface area contributed by atoms with Crippen molar-refractivity contribution in [3.05, 3.63) is 23.8 Å². The molecule has 2 saturated heterocycles. The lowest BCUT2D eigenvalue weighted by molar-refractivity contribution is -0.117. The van der Waals surface area contributed by atoms with E-state index in [9.17, 15) is 9.59 Å². The van der Waals surface area contributed by atoms with Crippen LogP contribution < -0.4 is 10.2 Å². The molecule has 5 heteroatoms. The summed E-state index contributed by atoms with van der Waals surface area (Å²) in [5, 5.41) is 2.99. The summed E-state index contributed by atoms with van der Waals surface area (Å²) in [6.07, 6.45) is 6.14. The molecule has 2 aliphatic heterocycles. The van der Waals surface area contributed by atoms with Gasteiger partial charge in [0.15, 0.2) is 0 Å². The number of hydrogen-bond acceptors (Lipinski definition) is 3. The Morgan fingerprint density at radius 1 is 0.963 bits per heavy atom. The van der Waals surface area contributed by atoms with Crippen molar-refractivity contribution in [2.24, 2.45) is 5.41 Å². The molecule has 0 saturated carbocycles. The van der Waals surface area contributed by atoms with Crippen LogP contribution in [0.5, 0.6) is 0 Å². The second kappa shape index (κ2) is 8.32. The van der Waals surface area contributed by atoms with Gasteiger partial charge in [-0.2, -0.15) is 0 Å². The van der Waals surface area contributed by atoms with Crippen LogP contribution in [-0.2, 0) is 4.79 Å². The number of carbonyl (C=O) groups excluding carboxylic acids is 2. The van der Waals surface area contributed by atoms with Crippen molar-refractivity contribution in [1.29, 1.82) is 0 Å². The molecule has 1 aromatic rings. The van der Waals surface area contributed by atoms with Crippen LogP contribution in [0.4, 0.5) is 11.4 Å². The number of amides is 2. The monoisotopic (exact) mass is 371 g/mol. The standard InChI is InChI=1S/C22H33N3O2/c1-22(2,3)16-20(26)23-17-9-10-19(24-11-7-8-12-24)18(15-17)21(27)25-13-5-4-6-14-25/h9-10,15H,4-8,11-14,16H2,1-3H3,(H,23,26). The minimum atomic E-state index is -0.0635. The number of likely N-dealkylation sites (tertiary alicyclic amines) is 1. The van der Waals surface area contributed by atoms with E-state index in [1.807, 2.05) is 43.9 Å². The van der Waals surface area contributed by atoms with Crippen molar-refractivity contribution in [2.75, 3.05) is 36.4 Å². The molecule has 3 rings (SSSR count). The first-order valence-electron chi connectivity index (χ1n) is 10.3. The minimum absolute atomic E-state index is 0.00667. The zero-order valence-electron chi connectivity index (χ0n) is 17.0. The molecule has 0 radical (unpaired) electrons. The third kappa shape index (κ3) is 5.24. The first-order chi connectivity index (χ1) is 12.8. The van der Waals surface area contributed by atoms with Crippen LogP contribution >= 0.6 is 0 Å². The summed E-state index contributed by atoms with van der Waals surface area (Å²) >= 11 is 0. The molecule has 27 heavy (non-hydrogen) atoms. The van der Waals surface area contributed by atoms with Gasteiger partial charge in [0, 0.05) is 44.0 Å². The number of rotatable bonds is 4. The van der Waals surface area contributed by atoms with Crippen LogP contribution in [0.2, 0.25) is 0 Å². The average molecular weight is 372 g/mol. The molecule has 0 spiro atoms. The summed E-state index contributed by atoms with van der Waals surface area (Å²) in [5.41, 5.74) is 2.39. The lowest BCUT2D eigenvalue weighted by atomic mass is 9.92. The highest BCUT2D eigenvalue weighted by molar-refractivity contribution is 6.02. The minimum Gasteiger partial charge on any atom is -0.371 e. The van der Waals surface area contributed by atoms with E-state index in [0.29, 0.717) is 12.1 Å². The van der Waals surface area contributed by atoms with Gasteiger partial charge in [-0.1, -0.05) is 20.8 Å². The smallest absolute Gasteiger partial charge is 0.256 e. The van der Waals surface area contributed by atoms with Crippen LogP contribution in [-0.4, -0.2) is 42.9 Å². The molecule has 0 aromatic heterocycles. The molecule has 1 aromatic carbocycles. The van der Waals surface area contributed by atoms with Crippen LogP contribution in [0, 0.1) is 5.41 Å². The first-order valence-corrected chi connectivity index (χ1v) is 10.3. The summed E-state index contributed by atoms with van der Waals surface area (Å²) in [7, 11) is 0. The van der Waals surface area contributed by atoms with Gasteiger partial charge in [-0.15, -0.1) is 0 Å². The first kappa shape index (κ1) is 19.7. The molecule has 2 aliphatic rings. The van der Waals surface area contributed by atoms with Gasteiger partial charge in [0.2, 0.25) is 5.91 Å². The van der Waals surface area contributed by atoms with Crippen LogP contribution in [0.25, 0.3) is 0 Å². The van der Waals surface area contributed by atoms with E-state index in [1.54, 1.807) is 0 Å². The molecule has 148 valence electrons. The number of hydrogen-bond donors (Lipinski definition) is 1. The maximum absolute atomic E-state index is 13.2. The largest absolute Gasteiger partial charge is 0.371 e. The topological polar surface area (TPSA) is 52.7 Å². The highest BCUT2D eigenvalue weighted by Gasteiger charge is 2.25. The van der Waals surface area contributed by atoms with Crippen molar-refractivity contribution in [3.8, 4) is 0 Å². The Balaban J connectivity index is 1.84. The quantitative estimate of drug-likeness (QED) is 0.859. The molecule has 2 fully saturated rings. The van der Waals surface area contributed by atoms with Gasteiger partial charge in [0.25, 0.3) is 5.91 Å². The zero-order chi connectivity index (χ0) is 19.4. The Kier molecular flexibility index (Phi) is 6.08. The SMILES string of the molecule is CC(C)(C)CC(=O)Nc1ccc(N2CCCC2)c(C(=O)N2CCCCC2)c1. The molecule has 0 unspecified atom stereocenters. The summed E-state index contributed by atoms with van der Waals surface area (Å²) in [6.45, 7) is 9.81. The maximum atomic E-state index is 13.2. The highest BCUT2D eigenvalue weighted by Crippen LogP contribution is 2.30. The predicted octanol–water partition coefficient (Wildman–Crippen LogP) is 4.29. The number of nitrogens with zero attached hydrogens (tertiary/aromatic N) is 2. The molecular formula is C22H33N3O2. The molecule has 0 bridgehead atoms. The van der Waals surface area contributed by atoms with Gasteiger partial charge in [-0.3, -0.25) is 9.59 Å². The van der Waals surface area contributed by atoms with Crippen molar-refractivity contribution >= 4 is 23.2 Å². The third-order valence-corrected chi connectivity index (χ3v) is 5.29. The van der Waals surface area contributed by atoms with Crippen LogP contribution in [0.3, 0.4) is 0 Å². The van der Waals surface area contributed by atoms with E-state index in [1.165, 1.54) is 19.3 Å². The Labute approximate surface area is 163 Å². The summed E-state index contributed by atoms with van der Waals surface area (Å²) in [5.74, 6) is 0.0938. The van der Waals surface area contributed by atoms with Gasteiger partial charge in [-0.05, 0) is 55.7 Å². The summed E-state index contributed by atoms with van der Waals surface area (Å²) < 4.78 is 0. The summed E-state index contributed by atoms with van der Waals surface area (Å²) in [4.78, 5) is 29.8. The average Bonchev–Trinajstić information content (AvgIpc) is 3.14. The fourth-order valence-electron chi connectivity index (χ4n) is 3.97. The maximum Gasteiger partial charge on any atom is 0.256 e. The number of carbonyl (C=O) groups is 2. The normalized spacial score (nSPS) is 17.9. The molecular weight excluding hydrogens is 338 g/mol. The van der Waals surface area contributed by atoms with Crippen LogP contribution in [0.15, 0.2) is 18.2 Å². The van der Waals surface area contributed by atoms with Crippen molar-refractivity contribution in [2.45, 2.75) is 59.3 Å². The Morgan fingerprint density at radius 2 is 1.59 bits per heavy atom. The molecule has 0 aliphatic carbocycles. The molecule has 5 nitrogen and oxygen atoms in total. The summed E-state index contributed by atoms with van der Waals surface area (Å²) in [6, 6.07) is 5.82. The number of nitrogens with one attached hydrogen (secondary N) is 1. The van der Waals surface area contributed by atoms with Gasteiger partial charge < -0.3 is 15.1 Å². The third-order valence-electron chi connectivity index (χ3n) is 5.29. The Hall–Kier alpha value is -2.04. The zero-order valence-corrected chi connectivity index (χ0v) is 17.0. The second-order valence-corrected chi connectivity index (χ2v) is 9.06. The Morgan fingerprint density at radius 3 is 2.22 bits per heavy atom. The van der Waals surface area contributed by atoms with E-state index < -0.39 is 0 Å². The van der Waals surface area contributed by atoms with Crippen LogP contribution in [0.1, 0.15) is 69.7 Å².